The van der Waals surface area contributed by atoms with Crippen LogP contribution in [0.25, 0.3) is 0 Å². The summed E-state index contributed by atoms with van der Waals surface area (Å²) in [6.07, 6.45) is 0. The second kappa shape index (κ2) is 5.41. The van der Waals surface area contributed by atoms with E-state index < -0.39 is 16.9 Å². The van der Waals surface area contributed by atoms with Gasteiger partial charge in [-0.2, -0.15) is 0 Å². The van der Waals surface area contributed by atoms with Crippen molar-refractivity contribution in [3.05, 3.63) is 32.3 Å². The number of nitro benzene ring substituents is 1. The summed E-state index contributed by atoms with van der Waals surface area (Å²) in [4.78, 5) is 22.4. The number of carboxylic acid groups (broad SMARTS) is 1. The third-order valence-corrected chi connectivity index (χ3v) is 3.25. The Labute approximate surface area is 113 Å². The maximum Gasteiger partial charge on any atom is 0.326 e. The van der Waals surface area contributed by atoms with Crippen molar-refractivity contribution >= 4 is 40.5 Å². The molecule has 0 aliphatic rings. The van der Waals surface area contributed by atoms with E-state index in [9.17, 15) is 14.9 Å². The summed E-state index contributed by atoms with van der Waals surface area (Å²) >= 11 is 11.5. The Morgan fingerprint density at radius 3 is 2.39 bits per heavy atom. The highest BCUT2D eigenvalue weighted by Gasteiger charge is 2.25. The standard InChI is InChI=1S/C10H10Cl2N2O4/c1-5(10(15)16)13(2)8-3-6(11)7(12)4-9(8)14(17)18/h3-5H,1-2H3,(H,15,16). The lowest BCUT2D eigenvalue weighted by atomic mass is 10.2. The molecule has 1 aromatic rings. The van der Waals surface area contributed by atoms with Crippen LogP contribution in [0.1, 0.15) is 6.92 Å². The predicted octanol–water partition coefficient (Wildman–Crippen LogP) is 2.81. The molecule has 1 N–H and O–H groups in total. The summed E-state index contributed by atoms with van der Waals surface area (Å²) in [5.74, 6) is -1.10. The van der Waals surface area contributed by atoms with Crippen molar-refractivity contribution in [2.24, 2.45) is 0 Å². The maximum absolute atomic E-state index is 10.9. The topological polar surface area (TPSA) is 83.7 Å². The smallest absolute Gasteiger partial charge is 0.326 e. The monoisotopic (exact) mass is 292 g/mol. The third kappa shape index (κ3) is 2.83. The van der Waals surface area contributed by atoms with Gasteiger partial charge in [-0.25, -0.2) is 4.79 Å². The molecule has 0 saturated heterocycles. The van der Waals surface area contributed by atoms with Crippen LogP contribution in [0, 0.1) is 10.1 Å². The molecular weight excluding hydrogens is 283 g/mol. The van der Waals surface area contributed by atoms with Crippen molar-refractivity contribution in [1.82, 2.24) is 0 Å². The fraction of sp³-hybridized carbons (Fsp3) is 0.300. The molecular formula is C10H10Cl2N2O4. The maximum atomic E-state index is 10.9. The SMILES string of the molecule is CC(C(=O)O)N(C)c1cc(Cl)c(Cl)cc1[N+](=O)[O-]. The number of nitrogens with zero attached hydrogens (tertiary/aromatic N) is 2. The number of carboxylic acids is 1. The molecule has 8 heteroatoms. The van der Waals surface area contributed by atoms with Crippen LogP contribution < -0.4 is 4.90 Å². The number of likely N-dealkylation sites (N-methyl/N-ethyl adjacent to an activating group) is 1. The number of halogens is 2. The first-order valence-electron chi connectivity index (χ1n) is 4.84. The van der Waals surface area contributed by atoms with Gasteiger partial charge in [0.1, 0.15) is 11.7 Å². The van der Waals surface area contributed by atoms with Gasteiger partial charge in [-0.15, -0.1) is 0 Å². The van der Waals surface area contributed by atoms with Crippen LogP contribution in [0.5, 0.6) is 0 Å². The number of anilines is 1. The molecule has 1 atom stereocenters. The zero-order valence-corrected chi connectivity index (χ0v) is 11.1. The van der Waals surface area contributed by atoms with E-state index in [0.717, 1.165) is 6.07 Å². The lowest BCUT2D eigenvalue weighted by molar-refractivity contribution is -0.384. The summed E-state index contributed by atoms with van der Waals surface area (Å²) in [6.45, 7) is 1.41. The summed E-state index contributed by atoms with van der Waals surface area (Å²) in [5.41, 5.74) is -0.190. The van der Waals surface area contributed by atoms with Gasteiger partial charge >= 0.3 is 5.97 Å². The molecule has 0 aliphatic carbocycles. The highest BCUT2D eigenvalue weighted by Crippen LogP contribution is 2.36. The molecule has 0 heterocycles. The molecule has 1 aromatic carbocycles. The molecule has 18 heavy (non-hydrogen) atoms. The van der Waals surface area contributed by atoms with Crippen LogP contribution in [-0.4, -0.2) is 29.1 Å². The predicted molar refractivity (Wildman–Crippen MR) is 68.6 cm³/mol. The quantitative estimate of drug-likeness (QED) is 0.681. The van der Waals surface area contributed by atoms with Gasteiger partial charge in [0.05, 0.1) is 15.0 Å². The summed E-state index contributed by atoms with van der Waals surface area (Å²) < 4.78 is 0. The van der Waals surface area contributed by atoms with Crippen molar-refractivity contribution in [3.8, 4) is 0 Å². The highest BCUT2D eigenvalue weighted by molar-refractivity contribution is 6.42. The first-order valence-corrected chi connectivity index (χ1v) is 5.60. The molecule has 0 spiro atoms. The summed E-state index contributed by atoms with van der Waals surface area (Å²) in [6, 6.07) is 1.45. The first-order chi connectivity index (χ1) is 8.25. The molecule has 0 amide bonds. The fourth-order valence-corrected chi connectivity index (χ4v) is 1.64. The average molecular weight is 293 g/mol. The van der Waals surface area contributed by atoms with Gasteiger partial charge in [-0.05, 0) is 13.0 Å². The van der Waals surface area contributed by atoms with Crippen LogP contribution in [-0.2, 0) is 4.79 Å². The number of nitro groups is 1. The van der Waals surface area contributed by atoms with Gasteiger partial charge in [0.2, 0.25) is 0 Å². The van der Waals surface area contributed by atoms with Gasteiger partial charge in [0, 0.05) is 13.1 Å². The average Bonchev–Trinajstić information content (AvgIpc) is 2.29. The first kappa shape index (κ1) is 14.5. The van der Waals surface area contributed by atoms with Crippen molar-refractivity contribution in [3.63, 3.8) is 0 Å². The van der Waals surface area contributed by atoms with E-state index in [4.69, 9.17) is 28.3 Å². The normalized spacial score (nSPS) is 12.0. The molecule has 0 aromatic heterocycles. The fourth-order valence-electron chi connectivity index (χ4n) is 1.33. The zero-order chi connectivity index (χ0) is 14.0. The Morgan fingerprint density at radius 1 is 1.44 bits per heavy atom. The molecule has 0 aliphatic heterocycles. The number of benzene rings is 1. The second-order valence-electron chi connectivity index (χ2n) is 3.64. The van der Waals surface area contributed by atoms with Gasteiger partial charge in [-0.3, -0.25) is 10.1 Å². The Morgan fingerprint density at radius 2 is 1.94 bits per heavy atom. The molecule has 1 rings (SSSR count). The van der Waals surface area contributed by atoms with E-state index in [2.05, 4.69) is 0 Å². The Bertz CT molecular complexity index is 507. The van der Waals surface area contributed by atoms with Crippen LogP contribution in [0.3, 0.4) is 0 Å². The molecule has 0 radical (unpaired) electrons. The van der Waals surface area contributed by atoms with Crippen molar-refractivity contribution < 1.29 is 14.8 Å². The summed E-state index contributed by atoms with van der Waals surface area (Å²) in [5, 5.41) is 20.0. The number of aliphatic carboxylic acids is 1. The number of carbonyl (C=O) groups is 1. The van der Waals surface area contributed by atoms with Crippen LogP contribution in [0.4, 0.5) is 11.4 Å². The highest BCUT2D eigenvalue weighted by atomic mass is 35.5. The Kier molecular flexibility index (Phi) is 4.37. The molecule has 6 nitrogen and oxygen atoms in total. The molecule has 1 unspecified atom stereocenters. The number of hydrogen-bond donors (Lipinski definition) is 1. The Balaban J connectivity index is 3.34. The third-order valence-electron chi connectivity index (χ3n) is 2.53. The lowest BCUT2D eigenvalue weighted by Crippen LogP contribution is -2.36. The van der Waals surface area contributed by atoms with Crippen molar-refractivity contribution in [2.75, 3.05) is 11.9 Å². The van der Waals surface area contributed by atoms with Crippen LogP contribution >= 0.6 is 23.2 Å². The van der Waals surface area contributed by atoms with Crippen LogP contribution in [0.2, 0.25) is 10.0 Å². The van der Waals surface area contributed by atoms with E-state index in [0.29, 0.717) is 0 Å². The van der Waals surface area contributed by atoms with Gasteiger partial charge in [0.15, 0.2) is 0 Å². The number of hydrogen-bond acceptors (Lipinski definition) is 4. The molecule has 0 saturated carbocycles. The van der Waals surface area contributed by atoms with Crippen molar-refractivity contribution in [2.45, 2.75) is 13.0 Å². The molecule has 0 fully saturated rings. The lowest BCUT2D eigenvalue weighted by Gasteiger charge is -2.23. The van der Waals surface area contributed by atoms with E-state index >= 15 is 0 Å². The number of rotatable bonds is 4. The van der Waals surface area contributed by atoms with E-state index in [-0.39, 0.29) is 21.4 Å². The Hall–Kier alpha value is -1.53. The van der Waals surface area contributed by atoms with E-state index in [1.807, 2.05) is 0 Å². The second-order valence-corrected chi connectivity index (χ2v) is 4.45. The minimum atomic E-state index is -1.10. The van der Waals surface area contributed by atoms with Crippen LogP contribution in [0.15, 0.2) is 12.1 Å². The summed E-state index contributed by atoms with van der Waals surface area (Å²) in [7, 11) is 1.44. The van der Waals surface area contributed by atoms with E-state index in [1.165, 1.54) is 24.9 Å². The van der Waals surface area contributed by atoms with Gasteiger partial charge in [-0.1, -0.05) is 23.2 Å². The largest absolute Gasteiger partial charge is 0.480 e. The minimum Gasteiger partial charge on any atom is -0.480 e. The van der Waals surface area contributed by atoms with Gasteiger partial charge in [0.25, 0.3) is 5.69 Å². The zero-order valence-electron chi connectivity index (χ0n) is 9.55. The minimum absolute atomic E-state index is 0.0449. The van der Waals surface area contributed by atoms with E-state index in [1.54, 1.807) is 0 Å². The molecule has 98 valence electrons. The van der Waals surface area contributed by atoms with Crippen molar-refractivity contribution in [1.29, 1.82) is 0 Å². The molecule has 0 bridgehead atoms. The van der Waals surface area contributed by atoms with Gasteiger partial charge < -0.3 is 10.0 Å².